The number of rotatable bonds is 6. The number of para-hydroxylation sites is 1. The molecular weight excluding hydrogens is 605 g/mol. The summed E-state index contributed by atoms with van der Waals surface area (Å²) in [6, 6.07) is 68.7. The van der Waals surface area contributed by atoms with Gasteiger partial charge in [-0.2, -0.15) is 0 Å². The van der Waals surface area contributed by atoms with Gasteiger partial charge in [0, 0.05) is 16.3 Å². The van der Waals surface area contributed by atoms with Crippen molar-refractivity contribution in [3.63, 3.8) is 0 Å². The van der Waals surface area contributed by atoms with Gasteiger partial charge in [-0.05, 0) is 86.3 Å². The highest BCUT2D eigenvalue weighted by molar-refractivity contribution is 6.10. The lowest BCUT2D eigenvalue weighted by molar-refractivity contribution is 1.29. The van der Waals surface area contributed by atoms with Gasteiger partial charge < -0.3 is 0 Å². The third kappa shape index (κ3) is 5.63. The van der Waals surface area contributed by atoms with E-state index in [4.69, 9.17) is 9.97 Å². The Morgan fingerprint density at radius 2 is 0.660 bits per heavy atom. The number of hydrogen-bond acceptors (Lipinski definition) is 2. The fraction of sp³-hybridized carbons (Fsp3) is 0. The van der Waals surface area contributed by atoms with Crippen molar-refractivity contribution in [2.75, 3.05) is 0 Å². The van der Waals surface area contributed by atoms with E-state index in [1.807, 2.05) is 6.07 Å². The van der Waals surface area contributed by atoms with Gasteiger partial charge in [-0.25, -0.2) is 9.97 Å². The second-order valence-electron chi connectivity index (χ2n) is 12.6. The zero-order valence-corrected chi connectivity index (χ0v) is 27.4. The van der Waals surface area contributed by atoms with E-state index in [0.29, 0.717) is 0 Å². The van der Waals surface area contributed by atoms with Crippen LogP contribution in [0.5, 0.6) is 0 Å². The van der Waals surface area contributed by atoms with E-state index < -0.39 is 0 Å². The minimum absolute atomic E-state index is 0.857. The first-order valence-corrected chi connectivity index (χ1v) is 17.0. The van der Waals surface area contributed by atoms with Crippen LogP contribution in [0.25, 0.3) is 88.8 Å². The zero-order chi connectivity index (χ0) is 33.3. The monoisotopic (exact) mass is 636 g/mol. The summed E-state index contributed by atoms with van der Waals surface area (Å²) >= 11 is 0. The standard InChI is InChI=1S/C48H32N2/c1-3-12-33(13-4-1)35-22-26-37(27-23-35)39-30-40(38-28-24-36(25-29-38)34-14-5-2-6-15-34)32-41(31-39)45-20-11-21-47(49-45)48-44-18-8-7-16-42(44)43-17-9-10-19-46(43)50-48/h1-32H. The molecule has 7 aromatic carbocycles. The van der Waals surface area contributed by atoms with Gasteiger partial charge >= 0.3 is 0 Å². The first-order chi connectivity index (χ1) is 24.8. The number of aromatic nitrogens is 2. The minimum Gasteiger partial charge on any atom is -0.246 e. The highest BCUT2D eigenvalue weighted by Gasteiger charge is 2.14. The van der Waals surface area contributed by atoms with Crippen LogP contribution in [0.1, 0.15) is 0 Å². The highest BCUT2D eigenvalue weighted by atomic mass is 14.8. The molecule has 0 aliphatic heterocycles. The lowest BCUT2D eigenvalue weighted by Gasteiger charge is -2.13. The molecule has 0 atom stereocenters. The van der Waals surface area contributed by atoms with Crippen molar-refractivity contribution in [3.8, 4) is 67.2 Å². The molecule has 0 bridgehead atoms. The summed E-state index contributed by atoms with van der Waals surface area (Å²) in [6.45, 7) is 0. The molecule has 0 saturated heterocycles. The molecule has 0 amide bonds. The van der Waals surface area contributed by atoms with Gasteiger partial charge in [0.2, 0.25) is 0 Å². The maximum Gasteiger partial charge on any atom is 0.0972 e. The minimum atomic E-state index is 0.857. The second kappa shape index (κ2) is 12.8. The van der Waals surface area contributed by atoms with Crippen LogP contribution in [-0.4, -0.2) is 9.97 Å². The molecular formula is C48H32N2. The summed E-state index contributed by atoms with van der Waals surface area (Å²) in [5.41, 5.74) is 14.1. The van der Waals surface area contributed by atoms with Gasteiger partial charge in [0.15, 0.2) is 0 Å². The van der Waals surface area contributed by atoms with Crippen LogP contribution >= 0.6 is 0 Å². The van der Waals surface area contributed by atoms with E-state index in [9.17, 15) is 0 Å². The summed E-state index contributed by atoms with van der Waals surface area (Å²) in [5.74, 6) is 0. The van der Waals surface area contributed by atoms with Gasteiger partial charge in [0.05, 0.1) is 22.6 Å². The topological polar surface area (TPSA) is 25.8 Å². The molecule has 9 aromatic rings. The molecule has 0 N–H and O–H groups in total. The van der Waals surface area contributed by atoms with Crippen LogP contribution in [-0.2, 0) is 0 Å². The summed E-state index contributed by atoms with van der Waals surface area (Å²) in [7, 11) is 0. The molecule has 50 heavy (non-hydrogen) atoms. The summed E-state index contributed by atoms with van der Waals surface area (Å²) in [4.78, 5) is 10.4. The van der Waals surface area contributed by atoms with Gasteiger partial charge in [0.1, 0.15) is 0 Å². The van der Waals surface area contributed by atoms with E-state index in [1.54, 1.807) is 0 Å². The largest absolute Gasteiger partial charge is 0.246 e. The molecule has 0 fully saturated rings. The second-order valence-corrected chi connectivity index (χ2v) is 12.6. The molecule has 2 heterocycles. The average molecular weight is 637 g/mol. The molecule has 0 saturated carbocycles. The summed E-state index contributed by atoms with van der Waals surface area (Å²) < 4.78 is 0. The Kier molecular flexibility index (Phi) is 7.53. The predicted molar refractivity (Wildman–Crippen MR) is 210 cm³/mol. The van der Waals surface area contributed by atoms with Crippen LogP contribution in [0.2, 0.25) is 0 Å². The van der Waals surface area contributed by atoms with E-state index in [2.05, 4.69) is 188 Å². The highest BCUT2D eigenvalue weighted by Crippen LogP contribution is 2.36. The molecule has 2 aromatic heterocycles. The Hall–Kier alpha value is -6.64. The smallest absolute Gasteiger partial charge is 0.0972 e. The fourth-order valence-electron chi connectivity index (χ4n) is 6.91. The van der Waals surface area contributed by atoms with Gasteiger partial charge in [-0.3, -0.25) is 0 Å². The summed E-state index contributed by atoms with van der Waals surface area (Å²) in [5, 5.41) is 3.43. The Morgan fingerprint density at radius 1 is 0.240 bits per heavy atom. The quantitative estimate of drug-likeness (QED) is 0.170. The zero-order valence-electron chi connectivity index (χ0n) is 27.4. The van der Waals surface area contributed by atoms with Crippen LogP contribution in [0.4, 0.5) is 0 Å². The molecule has 0 spiro atoms. The third-order valence-electron chi connectivity index (χ3n) is 9.48. The molecule has 234 valence electrons. The number of hydrogen-bond donors (Lipinski definition) is 0. The molecule has 2 nitrogen and oxygen atoms in total. The third-order valence-corrected chi connectivity index (χ3v) is 9.48. The number of nitrogens with zero attached hydrogens (tertiary/aromatic N) is 2. The van der Waals surface area contributed by atoms with E-state index >= 15 is 0 Å². The average Bonchev–Trinajstić information content (AvgIpc) is 3.21. The Balaban J connectivity index is 1.17. The van der Waals surface area contributed by atoms with Crippen LogP contribution in [0.3, 0.4) is 0 Å². The number of fused-ring (bicyclic) bond motifs is 3. The van der Waals surface area contributed by atoms with Crippen molar-refractivity contribution in [2.45, 2.75) is 0 Å². The first kappa shape index (κ1) is 29.5. The lowest BCUT2D eigenvalue weighted by atomic mass is 9.93. The van der Waals surface area contributed by atoms with Crippen molar-refractivity contribution in [3.05, 3.63) is 194 Å². The lowest BCUT2D eigenvalue weighted by Crippen LogP contribution is -1.94. The van der Waals surface area contributed by atoms with Crippen molar-refractivity contribution in [1.82, 2.24) is 9.97 Å². The molecule has 0 aliphatic rings. The van der Waals surface area contributed by atoms with Crippen LogP contribution < -0.4 is 0 Å². The van der Waals surface area contributed by atoms with E-state index in [-0.39, 0.29) is 0 Å². The summed E-state index contributed by atoms with van der Waals surface area (Å²) in [6.07, 6.45) is 0. The molecule has 0 radical (unpaired) electrons. The van der Waals surface area contributed by atoms with Crippen molar-refractivity contribution in [2.24, 2.45) is 0 Å². The van der Waals surface area contributed by atoms with Gasteiger partial charge in [-0.1, -0.05) is 158 Å². The number of benzene rings is 7. The Bertz CT molecular complexity index is 2510. The SMILES string of the molecule is c1ccc(-c2ccc(-c3cc(-c4ccc(-c5ccccc5)cc4)cc(-c4cccc(-c5nc6ccccc6c6ccccc56)n4)c3)cc2)cc1. The maximum absolute atomic E-state index is 5.28. The van der Waals surface area contributed by atoms with Gasteiger partial charge in [0.25, 0.3) is 0 Å². The van der Waals surface area contributed by atoms with E-state index in [1.165, 1.54) is 27.6 Å². The van der Waals surface area contributed by atoms with Crippen LogP contribution in [0.15, 0.2) is 194 Å². The Morgan fingerprint density at radius 3 is 1.24 bits per heavy atom. The molecule has 0 unspecified atom stereocenters. The van der Waals surface area contributed by atoms with Crippen molar-refractivity contribution in [1.29, 1.82) is 0 Å². The predicted octanol–water partition coefficient (Wildman–Crippen LogP) is 12.8. The fourth-order valence-corrected chi connectivity index (χ4v) is 6.91. The number of pyridine rings is 2. The normalized spacial score (nSPS) is 11.2. The van der Waals surface area contributed by atoms with Crippen LogP contribution in [0, 0.1) is 0 Å². The maximum atomic E-state index is 5.28. The first-order valence-electron chi connectivity index (χ1n) is 17.0. The Labute approximate surface area is 292 Å². The van der Waals surface area contributed by atoms with Crippen molar-refractivity contribution >= 4 is 21.7 Å². The molecule has 2 heteroatoms. The van der Waals surface area contributed by atoms with Crippen molar-refractivity contribution < 1.29 is 0 Å². The molecule has 9 rings (SSSR count). The molecule has 0 aliphatic carbocycles. The van der Waals surface area contributed by atoms with E-state index in [0.717, 1.165) is 61.2 Å². The van der Waals surface area contributed by atoms with Gasteiger partial charge in [-0.15, -0.1) is 0 Å².